The number of aromatic nitrogens is 2. The average Bonchev–Trinajstić information content (AvgIpc) is 3.20. The number of rotatable bonds is 8. The predicted octanol–water partition coefficient (Wildman–Crippen LogP) is 2.95. The van der Waals surface area contributed by atoms with Crippen LogP contribution < -0.4 is 10.1 Å². The lowest BCUT2D eigenvalue weighted by Gasteiger charge is -2.08. The minimum atomic E-state index is -1.17. The number of carbonyl (C=O) groups is 2. The molecule has 1 aromatic carbocycles. The molecular formula is C20H18FN3O5. The van der Waals surface area contributed by atoms with Crippen LogP contribution in [0.2, 0.25) is 0 Å². The molecule has 8 nitrogen and oxygen atoms in total. The van der Waals surface area contributed by atoms with E-state index in [-0.39, 0.29) is 22.8 Å². The number of pyridine rings is 1. The highest BCUT2D eigenvalue weighted by Crippen LogP contribution is 2.28. The van der Waals surface area contributed by atoms with Gasteiger partial charge in [-0.15, -0.1) is 0 Å². The summed E-state index contributed by atoms with van der Waals surface area (Å²) < 4.78 is 23.5. The van der Waals surface area contributed by atoms with Gasteiger partial charge in [-0.2, -0.15) is 0 Å². The number of oxazole rings is 1. The summed E-state index contributed by atoms with van der Waals surface area (Å²) >= 11 is 0. The Balaban J connectivity index is 1.67. The number of carboxylic acids is 1. The zero-order chi connectivity index (χ0) is 20.8. The molecule has 0 atom stereocenters. The highest BCUT2D eigenvalue weighted by molar-refractivity contribution is 5.98. The minimum Gasteiger partial charge on any atom is -0.496 e. The number of hydrogen-bond donors (Lipinski definition) is 2. The number of nitrogens with one attached hydrogen (secondary N) is 1. The first-order valence-corrected chi connectivity index (χ1v) is 8.72. The van der Waals surface area contributed by atoms with E-state index in [4.69, 9.17) is 9.15 Å². The fraction of sp³-hybridized carbons (Fsp3) is 0.200. The van der Waals surface area contributed by atoms with Gasteiger partial charge in [0, 0.05) is 18.3 Å². The Labute approximate surface area is 165 Å². The molecule has 0 bridgehead atoms. The first-order chi connectivity index (χ1) is 14.0. The molecule has 9 heteroatoms. The van der Waals surface area contributed by atoms with Gasteiger partial charge in [-0.05, 0) is 42.7 Å². The predicted molar refractivity (Wildman–Crippen MR) is 100 cm³/mol. The number of carboxylic acid groups (broad SMARTS) is 1. The first kappa shape index (κ1) is 20.0. The summed E-state index contributed by atoms with van der Waals surface area (Å²) in [6.45, 7) is 0.338. The second kappa shape index (κ2) is 8.96. The van der Waals surface area contributed by atoms with Crippen LogP contribution in [0.15, 0.2) is 47.5 Å². The number of nitrogens with zero attached hydrogens (tertiary/aromatic N) is 2. The van der Waals surface area contributed by atoms with Crippen LogP contribution in [0.25, 0.3) is 11.3 Å². The maximum absolute atomic E-state index is 13.1. The molecule has 0 fully saturated rings. The zero-order valence-corrected chi connectivity index (χ0v) is 15.5. The lowest BCUT2D eigenvalue weighted by atomic mass is 10.1. The molecule has 0 radical (unpaired) electrons. The molecule has 2 N–H and O–H groups in total. The van der Waals surface area contributed by atoms with E-state index < -0.39 is 17.7 Å². The molecule has 0 unspecified atom stereocenters. The molecule has 1 amide bonds. The SMILES string of the molecule is COc1ccc(-c2ocnc2C(=O)NCCCc2cncc(F)c2)cc1C(=O)O. The van der Waals surface area contributed by atoms with Gasteiger partial charge in [0.15, 0.2) is 17.8 Å². The third-order valence-corrected chi connectivity index (χ3v) is 4.16. The monoisotopic (exact) mass is 399 g/mol. The lowest BCUT2D eigenvalue weighted by Crippen LogP contribution is -2.25. The molecule has 2 heterocycles. The second-order valence-corrected chi connectivity index (χ2v) is 6.12. The molecule has 0 spiro atoms. The number of methoxy groups -OCH3 is 1. The van der Waals surface area contributed by atoms with Gasteiger partial charge in [-0.1, -0.05) is 0 Å². The molecule has 2 aromatic heterocycles. The Hall–Kier alpha value is -3.75. The van der Waals surface area contributed by atoms with Crippen LogP contribution in [-0.2, 0) is 6.42 Å². The Morgan fingerprint density at radius 1 is 1.28 bits per heavy atom. The van der Waals surface area contributed by atoms with Crippen LogP contribution in [0, 0.1) is 5.82 Å². The number of amides is 1. The number of aromatic carboxylic acids is 1. The second-order valence-electron chi connectivity index (χ2n) is 6.12. The van der Waals surface area contributed by atoms with Gasteiger partial charge >= 0.3 is 5.97 Å². The summed E-state index contributed by atoms with van der Waals surface area (Å²) in [5.41, 5.74) is 1.10. The van der Waals surface area contributed by atoms with Crippen molar-refractivity contribution >= 4 is 11.9 Å². The number of aryl methyl sites for hydroxylation is 1. The average molecular weight is 399 g/mol. The molecule has 0 aliphatic rings. The number of hydrogen-bond acceptors (Lipinski definition) is 6. The van der Waals surface area contributed by atoms with Crippen molar-refractivity contribution in [2.45, 2.75) is 12.8 Å². The summed E-state index contributed by atoms with van der Waals surface area (Å²) in [7, 11) is 1.37. The molecule has 150 valence electrons. The van der Waals surface area contributed by atoms with E-state index in [0.29, 0.717) is 24.9 Å². The van der Waals surface area contributed by atoms with Crippen molar-refractivity contribution in [3.63, 3.8) is 0 Å². The molecule has 3 aromatic rings. The molecule has 0 saturated carbocycles. The van der Waals surface area contributed by atoms with Crippen molar-refractivity contribution in [3.8, 4) is 17.1 Å². The van der Waals surface area contributed by atoms with Crippen molar-refractivity contribution in [3.05, 3.63) is 65.7 Å². The van der Waals surface area contributed by atoms with Gasteiger partial charge in [0.05, 0.1) is 13.3 Å². The minimum absolute atomic E-state index is 0.0407. The Morgan fingerprint density at radius 2 is 2.10 bits per heavy atom. The topological polar surface area (TPSA) is 115 Å². The van der Waals surface area contributed by atoms with Crippen LogP contribution in [-0.4, -0.2) is 40.6 Å². The first-order valence-electron chi connectivity index (χ1n) is 8.72. The van der Waals surface area contributed by atoms with Crippen LogP contribution in [0.1, 0.15) is 32.8 Å². The van der Waals surface area contributed by atoms with Crippen molar-refractivity contribution in [2.24, 2.45) is 0 Å². The summed E-state index contributed by atoms with van der Waals surface area (Å²) in [6, 6.07) is 5.82. The van der Waals surface area contributed by atoms with Gasteiger partial charge in [0.2, 0.25) is 0 Å². The van der Waals surface area contributed by atoms with Gasteiger partial charge in [0.25, 0.3) is 5.91 Å². The fourth-order valence-electron chi connectivity index (χ4n) is 2.80. The van der Waals surface area contributed by atoms with Gasteiger partial charge in [-0.3, -0.25) is 9.78 Å². The van der Waals surface area contributed by atoms with Gasteiger partial charge < -0.3 is 19.6 Å². The Bertz CT molecular complexity index is 1030. The van der Waals surface area contributed by atoms with E-state index >= 15 is 0 Å². The van der Waals surface area contributed by atoms with Gasteiger partial charge in [0.1, 0.15) is 17.1 Å². The summed E-state index contributed by atoms with van der Waals surface area (Å²) in [6.07, 6.45) is 4.96. The number of halogens is 1. The van der Waals surface area contributed by atoms with E-state index in [1.165, 1.54) is 25.3 Å². The smallest absolute Gasteiger partial charge is 0.339 e. The summed E-state index contributed by atoms with van der Waals surface area (Å²) in [5.74, 6) is -1.68. The summed E-state index contributed by atoms with van der Waals surface area (Å²) in [4.78, 5) is 31.6. The van der Waals surface area contributed by atoms with Crippen molar-refractivity contribution in [2.75, 3.05) is 13.7 Å². The van der Waals surface area contributed by atoms with Crippen molar-refractivity contribution in [1.29, 1.82) is 0 Å². The van der Waals surface area contributed by atoms with Crippen LogP contribution in [0.4, 0.5) is 4.39 Å². The largest absolute Gasteiger partial charge is 0.496 e. The van der Waals surface area contributed by atoms with Crippen molar-refractivity contribution < 1.29 is 28.2 Å². The van der Waals surface area contributed by atoms with E-state index in [2.05, 4.69) is 15.3 Å². The van der Waals surface area contributed by atoms with E-state index in [1.807, 2.05) is 0 Å². The van der Waals surface area contributed by atoms with Crippen LogP contribution in [0.3, 0.4) is 0 Å². The normalized spacial score (nSPS) is 10.6. The fourth-order valence-corrected chi connectivity index (χ4v) is 2.80. The third-order valence-electron chi connectivity index (χ3n) is 4.16. The molecule has 29 heavy (non-hydrogen) atoms. The van der Waals surface area contributed by atoms with Crippen LogP contribution in [0.5, 0.6) is 5.75 Å². The van der Waals surface area contributed by atoms with E-state index in [9.17, 15) is 19.1 Å². The van der Waals surface area contributed by atoms with E-state index in [0.717, 1.165) is 18.2 Å². The maximum atomic E-state index is 13.1. The molecular weight excluding hydrogens is 381 g/mol. The van der Waals surface area contributed by atoms with Crippen LogP contribution >= 0.6 is 0 Å². The quantitative estimate of drug-likeness (QED) is 0.560. The highest BCUT2D eigenvalue weighted by atomic mass is 19.1. The Kier molecular flexibility index (Phi) is 6.18. The summed E-state index contributed by atoms with van der Waals surface area (Å²) in [5, 5.41) is 12.0. The molecule has 3 rings (SSSR count). The third kappa shape index (κ3) is 4.75. The molecule has 0 aliphatic carbocycles. The lowest BCUT2D eigenvalue weighted by molar-refractivity contribution is 0.0693. The number of ether oxygens (including phenoxy) is 1. The number of carbonyl (C=O) groups excluding carboxylic acids is 1. The maximum Gasteiger partial charge on any atom is 0.339 e. The van der Waals surface area contributed by atoms with Crippen molar-refractivity contribution in [1.82, 2.24) is 15.3 Å². The standard InChI is InChI=1S/C20H18FN3O5/c1-28-16-5-4-13(8-15(16)20(26)27)18-17(24-11-29-18)19(25)23-6-2-3-12-7-14(21)10-22-9-12/h4-5,7-11H,2-3,6H2,1H3,(H,23,25)(H,26,27). The molecule has 0 aliphatic heterocycles. The molecule has 0 saturated heterocycles. The number of benzene rings is 1. The Morgan fingerprint density at radius 3 is 2.83 bits per heavy atom. The highest BCUT2D eigenvalue weighted by Gasteiger charge is 2.20. The van der Waals surface area contributed by atoms with E-state index in [1.54, 1.807) is 12.3 Å². The zero-order valence-electron chi connectivity index (χ0n) is 15.5. The van der Waals surface area contributed by atoms with Gasteiger partial charge in [-0.25, -0.2) is 14.2 Å².